The summed E-state index contributed by atoms with van der Waals surface area (Å²) in [5.41, 5.74) is 3.21. The highest BCUT2D eigenvalue weighted by molar-refractivity contribution is 6.00. The molecule has 210 valence electrons. The molecule has 3 fully saturated rings. The number of likely N-dealkylation sites (N-methyl/N-ethyl adjacent to an activating group) is 1. The number of hydrogen-bond donors (Lipinski definition) is 5. The van der Waals surface area contributed by atoms with Gasteiger partial charge in [0.1, 0.15) is 5.75 Å². The fraction of sp³-hybridized carbons (Fsp3) is 0.452. The first-order chi connectivity index (χ1) is 19.1. The van der Waals surface area contributed by atoms with Gasteiger partial charge in [-0.25, -0.2) is 4.79 Å². The molecule has 2 bridgehead atoms. The van der Waals surface area contributed by atoms with E-state index in [0.29, 0.717) is 38.6 Å². The van der Waals surface area contributed by atoms with Crippen LogP contribution in [-0.2, 0) is 23.1 Å². The number of carbonyl (C=O) groups excluding carboxylic acids is 3. The van der Waals surface area contributed by atoms with Gasteiger partial charge in [-0.1, -0.05) is 42.5 Å². The number of rotatable bonds is 5. The molecule has 0 spiro atoms. The third-order valence-electron chi connectivity index (χ3n) is 9.72. The normalized spacial score (nSPS) is 29.6. The highest BCUT2D eigenvalue weighted by Crippen LogP contribution is 2.60. The number of carbonyl (C=O) groups is 3. The topological polar surface area (TPSA) is 131 Å². The molecule has 4 amide bonds. The number of allylic oxidation sites excluding steroid dienone is 1. The SMILES string of the molecule is C=C1CC[C@@]2(O)[C@H]3Cc4ccc(C(=O)NCCc5ccc(C6CNC(=O)NC6=O)cc5)c(O)c4[C@@]2(CCN3C)C1. The lowest BCUT2D eigenvalue weighted by Crippen LogP contribution is -2.71. The van der Waals surface area contributed by atoms with Gasteiger partial charge < -0.3 is 25.7 Å². The Bertz CT molecular complexity index is 1410. The average Bonchev–Trinajstić information content (AvgIpc) is 2.92. The van der Waals surface area contributed by atoms with Crippen molar-refractivity contribution < 1.29 is 24.6 Å². The van der Waals surface area contributed by atoms with Crippen LogP contribution in [0.15, 0.2) is 48.6 Å². The molecule has 2 aliphatic carbocycles. The largest absolute Gasteiger partial charge is 0.507 e. The highest BCUT2D eigenvalue weighted by atomic mass is 16.3. The first-order valence-corrected chi connectivity index (χ1v) is 14.0. The quantitative estimate of drug-likeness (QED) is 0.367. The molecule has 0 aromatic heterocycles. The summed E-state index contributed by atoms with van der Waals surface area (Å²) in [7, 11) is 2.06. The van der Waals surface area contributed by atoms with Gasteiger partial charge in [0, 0.05) is 30.1 Å². The fourth-order valence-electron chi connectivity index (χ4n) is 7.57. The first-order valence-electron chi connectivity index (χ1n) is 14.0. The van der Waals surface area contributed by atoms with Crippen LogP contribution in [0, 0.1) is 0 Å². The number of phenolic OH excluding ortho intramolecular Hbond substituents is 1. The zero-order chi connectivity index (χ0) is 28.2. The van der Waals surface area contributed by atoms with Crippen molar-refractivity contribution in [3.05, 3.63) is 76.4 Å². The molecule has 2 aromatic carbocycles. The maximum Gasteiger partial charge on any atom is 0.321 e. The molecule has 4 aliphatic rings. The number of hydrogen-bond acceptors (Lipinski definition) is 6. The number of phenols is 1. The average molecular weight is 545 g/mol. The second-order valence-electron chi connectivity index (χ2n) is 11.9. The summed E-state index contributed by atoms with van der Waals surface area (Å²) in [6, 6.07) is 10.7. The number of urea groups is 1. The van der Waals surface area contributed by atoms with E-state index in [-0.39, 0.29) is 35.7 Å². The number of likely N-dealkylation sites (tertiary alicyclic amines) is 1. The van der Waals surface area contributed by atoms with Crippen LogP contribution in [-0.4, -0.2) is 71.3 Å². The number of fused-ring (bicyclic) bond motifs is 1. The van der Waals surface area contributed by atoms with Crippen molar-refractivity contribution in [1.82, 2.24) is 20.9 Å². The molecule has 6 rings (SSSR count). The van der Waals surface area contributed by atoms with Crippen LogP contribution in [0.1, 0.15) is 64.2 Å². The summed E-state index contributed by atoms with van der Waals surface area (Å²) < 4.78 is 0. The molecule has 2 aliphatic heterocycles. The van der Waals surface area contributed by atoms with Crippen molar-refractivity contribution in [1.29, 1.82) is 0 Å². The van der Waals surface area contributed by atoms with Crippen LogP contribution >= 0.6 is 0 Å². The molecule has 2 aromatic rings. The van der Waals surface area contributed by atoms with Gasteiger partial charge in [-0.05, 0) is 74.9 Å². The van der Waals surface area contributed by atoms with Gasteiger partial charge in [0.2, 0.25) is 5.91 Å². The van der Waals surface area contributed by atoms with Crippen LogP contribution in [0.5, 0.6) is 5.75 Å². The van der Waals surface area contributed by atoms with Gasteiger partial charge in [-0.2, -0.15) is 0 Å². The molecule has 9 nitrogen and oxygen atoms in total. The van der Waals surface area contributed by atoms with Crippen LogP contribution in [0.2, 0.25) is 0 Å². The maximum absolute atomic E-state index is 13.3. The Morgan fingerprint density at radius 3 is 2.70 bits per heavy atom. The summed E-state index contributed by atoms with van der Waals surface area (Å²) in [6.45, 7) is 5.68. The van der Waals surface area contributed by atoms with Crippen molar-refractivity contribution in [3.63, 3.8) is 0 Å². The lowest BCUT2D eigenvalue weighted by molar-refractivity contribution is -0.153. The number of benzene rings is 2. The van der Waals surface area contributed by atoms with E-state index in [1.54, 1.807) is 6.07 Å². The second-order valence-corrected chi connectivity index (χ2v) is 11.9. The minimum absolute atomic E-state index is 0.0201. The summed E-state index contributed by atoms with van der Waals surface area (Å²) in [6.07, 6.45) is 3.90. The Hall–Kier alpha value is -3.69. The number of piperidine rings is 1. The van der Waals surface area contributed by atoms with E-state index in [4.69, 9.17) is 0 Å². The molecular formula is C31H36N4O5. The summed E-state index contributed by atoms with van der Waals surface area (Å²) in [5, 5.41) is 31.5. The van der Waals surface area contributed by atoms with Gasteiger partial charge >= 0.3 is 6.03 Å². The van der Waals surface area contributed by atoms with Crippen LogP contribution in [0.25, 0.3) is 0 Å². The van der Waals surface area contributed by atoms with Crippen molar-refractivity contribution in [2.75, 3.05) is 26.7 Å². The van der Waals surface area contributed by atoms with Crippen molar-refractivity contribution in [2.45, 2.75) is 61.5 Å². The van der Waals surface area contributed by atoms with Crippen LogP contribution < -0.4 is 16.0 Å². The standard InChI is InChI=1S/C31H36N4O5/c1-18-9-11-31(40)24-15-21-7-8-22(26(36)25(21)30(31,16-18)12-14-35(24)2)27(37)32-13-10-19-3-5-20(6-4-19)23-17-33-29(39)34-28(23)38/h3-8,23-24,36,40H,1,9-17H2,2H3,(H,32,37)(H2,33,34,38,39)/t23?,24-,30-,31-/m1/s1. The van der Waals surface area contributed by atoms with E-state index in [0.717, 1.165) is 40.8 Å². The van der Waals surface area contributed by atoms with E-state index >= 15 is 0 Å². The maximum atomic E-state index is 13.3. The van der Waals surface area contributed by atoms with Gasteiger partial charge in [0.25, 0.3) is 5.91 Å². The Kier molecular flexibility index (Phi) is 6.46. The lowest BCUT2D eigenvalue weighted by Gasteiger charge is -2.63. The smallest absolute Gasteiger partial charge is 0.321 e. The van der Waals surface area contributed by atoms with Gasteiger partial charge in [-0.3, -0.25) is 14.9 Å². The van der Waals surface area contributed by atoms with E-state index in [2.05, 4.69) is 34.5 Å². The van der Waals surface area contributed by atoms with Gasteiger partial charge in [-0.15, -0.1) is 0 Å². The van der Waals surface area contributed by atoms with Crippen molar-refractivity contribution >= 4 is 17.8 Å². The highest BCUT2D eigenvalue weighted by Gasteiger charge is 2.64. The predicted octanol–water partition coefficient (Wildman–Crippen LogP) is 2.26. The number of imide groups is 1. The molecule has 9 heteroatoms. The summed E-state index contributed by atoms with van der Waals surface area (Å²) in [5.74, 6) is -1.12. The van der Waals surface area contributed by atoms with Crippen molar-refractivity contribution in [3.8, 4) is 5.75 Å². The van der Waals surface area contributed by atoms with E-state index in [1.807, 2.05) is 30.3 Å². The molecule has 5 N–H and O–H groups in total. The Morgan fingerprint density at radius 1 is 1.18 bits per heavy atom. The molecule has 1 unspecified atom stereocenters. The monoisotopic (exact) mass is 544 g/mol. The van der Waals surface area contributed by atoms with Crippen LogP contribution in [0.4, 0.5) is 4.79 Å². The number of aromatic hydroxyl groups is 1. The minimum Gasteiger partial charge on any atom is -0.507 e. The Balaban J connectivity index is 1.17. The van der Waals surface area contributed by atoms with Crippen LogP contribution in [0.3, 0.4) is 0 Å². The third kappa shape index (κ3) is 4.10. The minimum atomic E-state index is -0.975. The number of nitrogens with one attached hydrogen (secondary N) is 3. The number of amides is 4. The third-order valence-corrected chi connectivity index (χ3v) is 9.72. The molecular weight excluding hydrogens is 508 g/mol. The molecule has 2 heterocycles. The first kappa shape index (κ1) is 26.5. The van der Waals surface area contributed by atoms with E-state index < -0.39 is 23.0 Å². The Labute approximate surface area is 233 Å². The summed E-state index contributed by atoms with van der Waals surface area (Å²) >= 11 is 0. The molecule has 0 radical (unpaired) electrons. The fourth-order valence-corrected chi connectivity index (χ4v) is 7.57. The summed E-state index contributed by atoms with van der Waals surface area (Å²) in [4.78, 5) is 38.9. The zero-order valence-electron chi connectivity index (χ0n) is 22.8. The molecule has 40 heavy (non-hydrogen) atoms. The molecule has 4 atom stereocenters. The molecule has 2 saturated heterocycles. The lowest BCUT2D eigenvalue weighted by atomic mass is 9.48. The predicted molar refractivity (Wildman–Crippen MR) is 149 cm³/mol. The number of aliphatic hydroxyl groups is 1. The van der Waals surface area contributed by atoms with E-state index in [9.17, 15) is 24.6 Å². The Morgan fingerprint density at radius 2 is 1.95 bits per heavy atom. The zero-order valence-corrected chi connectivity index (χ0v) is 22.8. The van der Waals surface area contributed by atoms with E-state index in [1.165, 1.54) is 0 Å². The second kappa shape index (κ2) is 9.74. The van der Waals surface area contributed by atoms with Gasteiger partial charge in [0.15, 0.2) is 0 Å². The molecule has 1 saturated carbocycles. The van der Waals surface area contributed by atoms with Gasteiger partial charge in [0.05, 0.1) is 17.1 Å². The number of nitrogens with zero attached hydrogens (tertiary/aromatic N) is 1. The van der Waals surface area contributed by atoms with Crippen molar-refractivity contribution in [2.24, 2.45) is 0 Å².